The molecule has 2 saturated heterocycles. The molecule has 3 aliphatic heterocycles. The van der Waals surface area contributed by atoms with Crippen molar-refractivity contribution >= 4 is 29.7 Å². The van der Waals surface area contributed by atoms with Crippen molar-refractivity contribution in [2.45, 2.75) is 31.5 Å². The van der Waals surface area contributed by atoms with E-state index < -0.39 is 24.1 Å². The number of allylic oxidation sites excluding steroid dienone is 2. The predicted octanol–water partition coefficient (Wildman–Crippen LogP) is 1.10. The highest BCUT2D eigenvalue weighted by Gasteiger charge is 2.41. The van der Waals surface area contributed by atoms with Crippen LogP contribution in [0.5, 0.6) is 0 Å². The number of amides is 3. The number of hydrogen-bond acceptors (Lipinski definition) is 7. The number of carboxylic acids is 2. The van der Waals surface area contributed by atoms with Crippen LogP contribution in [0.4, 0.5) is 18.0 Å². The average Bonchev–Trinajstić information content (AvgIpc) is 3.09. The molecule has 2 fully saturated rings. The number of hydrazone groups is 1. The number of carboxylic acid groups (broad SMARTS) is 2. The second kappa shape index (κ2) is 10.5. The number of likely N-dealkylation sites (tertiary alicyclic amines) is 1. The maximum Gasteiger partial charge on any atom is 0.490 e. The summed E-state index contributed by atoms with van der Waals surface area (Å²) in [6.45, 7) is 2.03. The van der Waals surface area contributed by atoms with Crippen LogP contribution in [0.3, 0.4) is 0 Å². The van der Waals surface area contributed by atoms with E-state index in [2.05, 4.69) is 28.6 Å². The molecule has 3 N–H and O–H groups in total. The van der Waals surface area contributed by atoms with E-state index in [-0.39, 0.29) is 30.8 Å². The van der Waals surface area contributed by atoms with Crippen LogP contribution in [0.15, 0.2) is 28.9 Å². The Labute approximate surface area is 198 Å². The summed E-state index contributed by atoms with van der Waals surface area (Å²) in [6, 6.07) is -0.351. The maximum atomic E-state index is 12.2. The first-order valence-corrected chi connectivity index (χ1v) is 10.9. The molecule has 0 aromatic rings. The molecule has 192 valence electrons. The molecular weight excluding hydrogens is 475 g/mol. The molecule has 2 atom stereocenters. The third-order valence-corrected chi connectivity index (χ3v) is 6.21. The molecule has 2 unspecified atom stereocenters. The normalized spacial score (nSPS) is 25.3. The number of hydrogen-bond donors (Lipinski definition) is 3. The summed E-state index contributed by atoms with van der Waals surface area (Å²) < 4.78 is 31.7. The highest BCUT2D eigenvalue weighted by molar-refractivity contribution is 6.07. The molecular formula is C21H26F3N5O6. The Hall–Kier alpha value is -3.42. The highest BCUT2D eigenvalue weighted by Crippen LogP contribution is 2.35. The van der Waals surface area contributed by atoms with Crippen LogP contribution >= 0.6 is 0 Å². The Bertz CT molecular complexity index is 971. The second-order valence-electron chi connectivity index (χ2n) is 8.58. The lowest BCUT2D eigenvalue weighted by Gasteiger charge is -2.34. The Morgan fingerprint density at radius 2 is 1.80 bits per heavy atom. The van der Waals surface area contributed by atoms with Gasteiger partial charge in [-0.05, 0) is 37.4 Å². The summed E-state index contributed by atoms with van der Waals surface area (Å²) in [5.41, 5.74) is 1.26. The summed E-state index contributed by atoms with van der Waals surface area (Å²) in [7, 11) is 1.90. The van der Waals surface area contributed by atoms with Crippen LogP contribution in [0, 0.1) is 11.8 Å². The van der Waals surface area contributed by atoms with Crippen molar-refractivity contribution in [1.29, 1.82) is 0 Å². The van der Waals surface area contributed by atoms with Crippen LogP contribution in [-0.4, -0.2) is 100 Å². The number of halogens is 3. The molecule has 4 rings (SSSR count). The zero-order chi connectivity index (χ0) is 25.9. The van der Waals surface area contributed by atoms with Gasteiger partial charge in [0.25, 0.3) is 0 Å². The zero-order valence-electron chi connectivity index (χ0n) is 18.9. The lowest BCUT2D eigenvalue weighted by Crippen LogP contribution is -2.53. The van der Waals surface area contributed by atoms with Crippen LogP contribution in [-0.2, 0) is 14.4 Å². The van der Waals surface area contributed by atoms with Gasteiger partial charge in [-0.3, -0.25) is 29.7 Å². The number of alkyl halides is 3. The molecule has 0 radical (unpaired) electrons. The summed E-state index contributed by atoms with van der Waals surface area (Å²) in [5.74, 6) is -2.71. The number of imide groups is 1. The van der Waals surface area contributed by atoms with Gasteiger partial charge in [-0.2, -0.15) is 18.3 Å². The molecule has 0 aromatic heterocycles. The van der Waals surface area contributed by atoms with E-state index in [9.17, 15) is 27.6 Å². The third kappa shape index (κ3) is 6.38. The van der Waals surface area contributed by atoms with Crippen LogP contribution in [0.25, 0.3) is 0 Å². The molecule has 0 bridgehead atoms. The number of fused-ring (bicyclic) bond motifs is 1. The number of aliphatic carboxylic acids is 2. The smallest absolute Gasteiger partial charge is 0.480 e. The van der Waals surface area contributed by atoms with Crippen molar-refractivity contribution in [1.82, 2.24) is 20.1 Å². The fraction of sp³-hybridized carbons (Fsp3) is 0.571. The Morgan fingerprint density at radius 1 is 1.17 bits per heavy atom. The molecule has 11 nitrogen and oxygen atoms in total. The number of rotatable bonds is 3. The van der Waals surface area contributed by atoms with E-state index in [0.717, 1.165) is 25.9 Å². The van der Waals surface area contributed by atoms with Gasteiger partial charge >= 0.3 is 24.1 Å². The van der Waals surface area contributed by atoms with Gasteiger partial charge < -0.3 is 10.2 Å². The Balaban J connectivity index is 0.000000429. The summed E-state index contributed by atoms with van der Waals surface area (Å²) >= 11 is 0. The molecule has 0 saturated carbocycles. The molecule has 3 heterocycles. The minimum atomic E-state index is -5.08. The zero-order valence-corrected chi connectivity index (χ0v) is 18.9. The van der Waals surface area contributed by atoms with E-state index in [1.807, 2.05) is 17.0 Å². The SMILES string of the molecule is CN1N=C(N2CCC(=O)NC2=O)C2C=CC(C3CCN(CC(=O)O)CC3)=CC21.O=C(O)C(F)(F)F. The van der Waals surface area contributed by atoms with Crippen molar-refractivity contribution in [2.75, 3.05) is 33.2 Å². The number of likely N-dealkylation sites (N-methyl/N-ethyl adjacent to an activating group) is 1. The van der Waals surface area contributed by atoms with E-state index in [1.165, 1.54) is 5.57 Å². The minimum absolute atomic E-state index is 0.0141. The first-order valence-electron chi connectivity index (χ1n) is 10.9. The van der Waals surface area contributed by atoms with E-state index >= 15 is 0 Å². The monoisotopic (exact) mass is 501 g/mol. The molecule has 0 spiro atoms. The first kappa shape index (κ1) is 26.2. The molecule has 3 amide bonds. The number of nitrogens with zero attached hydrogens (tertiary/aromatic N) is 4. The van der Waals surface area contributed by atoms with E-state index in [0.29, 0.717) is 18.3 Å². The summed E-state index contributed by atoms with van der Waals surface area (Å²) in [5, 5.41) is 24.9. The lowest BCUT2D eigenvalue weighted by atomic mass is 9.82. The number of nitrogens with one attached hydrogen (secondary N) is 1. The largest absolute Gasteiger partial charge is 0.490 e. The summed E-state index contributed by atoms with van der Waals surface area (Å²) in [6.07, 6.45) is 3.54. The third-order valence-electron chi connectivity index (χ3n) is 6.21. The van der Waals surface area contributed by atoms with Crippen LogP contribution in [0.2, 0.25) is 0 Å². The molecule has 14 heteroatoms. The summed E-state index contributed by atoms with van der Waals surface area (Å²) in [4.78, 5) is 46.9. The molecule has 0 aromatic carbocycles. The first-order chi connectivity index (χ1) is 16.4. The molecule has 4 aliphatic rings. The number of amidine groups is 1. The fourth-order valence-corrected chi connectivity index (χ4v) is 4.46. The minimum Gasteiger partial charge on any atom is -0.480 e. The van der Waals surface area contributed by atoms with Crippen molar-refractivity contribution in [3.05, 3.63) is 23.8 Å². The Kier molecular flexibility index (Phi) is 7.83. The average molecular weight is 501 g/mol. The topological polar surface area (TPSA) is 143 Å². The Morgan fingerprint density at radius 3 is 2.34 bits per heavy atom. The quantitative estimate of drug-likeness (QED) is 0.522. The van der Waals surface area contributed by atoms with Gasteiger partial charge in [-0.15, -0.1) is 0 Å². The van der Waals surface area contributed by atoms with Crippen molar-refractivity contribution in [3.63, 3.8) is 0 Å². The molecule has 35 heavy (non-hydrogen) atoms. The van der Waals surface area contributed by atoms with Crippen molar-refractivity contribution < 1.29 is 42.6 Å². The fourth-order valence-electron chi connectivity index (χ4n) is 4.46. The number of carbonyl (C=O) groups is 4. The van der Waals surface area contributed by atoms with Gasteiger partial charge in [0.1, 0.15) is 5.84 Å². The van der Waals surface area contributed by atoms with Crippen LogP contribution < -0.4 is 5.32 Å². The standard InChI is InChI=1S/C19H25N5O4.C2HF3O2/c1-22-15-10-13(12-4-7-23(8-5-12)11-17(26)27)2-3-14(15)18(21-22)24-9-6-16(25)20-19(24)28;3-2(4,5)1(6)7/h2-3,10,12,14-15H,4-9,11H2,1H3,(H,26,27)(H,20,25,28);(H,6,7). The number of piperidine rings is 1. The number of urea groups is 1. The van der Waals surface area contributed by atoms with E-state index in [4.69, 9.17) is 15.0 Å². The van der Waals surface area contributed by atoms with Gasteiger partial charge in [0.05, 0.1) is 18.5 Å². The van der Waals surface area contributed by atoms with Gasteiger partial charge in [-0.25, -0.2) is 9.59 Å². The highest BCUT2D eigenvalue weighted by atomic mass is 19.4. The van der Waals surface area contributed by atoms with Crippen molar-refractivity contribution in [3.8, 4) is 0 Å². The van der Waals surface area contributed by atoms with Gasteiger partial charge in [0, 0.05) is 20.0 Å². The van der Waals surface area contributed by atoms with Gasteiger partial charge in [0.2, 0.25) is 5.91 Å². The van der Waals surface area contributed by atoms with Gasteiger partial charge in [-0.1, -0.05) is 18.2 Å². The molecule has 1 aliphatic carbocycles. The van der Waals surface area contributed by atoms with Crippen molar-refractivity contribution in [2.24, 2.45) is 16.9 Å². The van der Waals surface area contributed by atoms with Gasteiger partial charge in [0.15, 0.2) is 0 Å². The van der Waals surface area contributed by atoms with Crippen LogP contribution in [0.1, 0.15) is 19.3 Å². The number of carbonyl (C=O) groups excluding carboxylic acids is 2. The maximum absolute atomic E-state index is 12.2. The van der Waals surface area contributed by atoms with E-state index in [1.54, 1.807) is 4.90 Å². The lowest BCUT2D eigenvalue weighted by molar-refractivity contribution is -0.192. The predicted molar refractivity (Wildman–Crippen MR) is 115 cm³/mol. The second-order valence-corrected chi connectivity index (χ2v) is 8.58.